The molecule has 0 spiro atoms. The first-order chi connectivity index (χ1) is 10.5. The van der Waals surface area contributed by atoms with E-state index in [1.807, 2.05) is 26.2 Å². The van der Waals surface area contributed by atoms with E-state index in [1.54, 1.807) is 0 Å². The van der Waals surface area contributed by atoms with Gasteiger partial charge in [-0.15, -0.1) is 0 Å². The molecular formula is C18H29N3O. The highest BCUT2D eigenvalue weighted by atomic mass is 16.1. The summed E-state index contributed by atoms with van der Waals surface area (Å²) >= 11 is 0. The number of ketones is 1. The molecule has 122 valence electrons. The van der Waals surface area contributed by atoms with Gasteiger partial charge in [-0.1, -0.05) is 27.7 Å². The lowest BCUT2D eigenvalue weighted by molar-refractivity contribution is -0.122. The summed E-state index contributed by atoms with van der Waals surface area (Å²) in [4.78, 5) is 23.0. The van der Waals surface area contributed by atoms with Gasteiger partial charge in [0.15, 0.2) is 0 Å². The van der Waals surface area contributed by atoms with Gasteiger partial charge in [-0.25, -0.2) is 9.97 Å². The molecule has 22 heavy (non-hydrogen) atoms. The van der Waals surface area contributed by atoms with Crippen LogP contribution in [0.3, 0.4) is 0 Å². The summed E-state index contributed by atoms with van der Waals surface area (Å²) < 4.78 is 0. The van der Waals surface area contributed by atoms with Gasteiger partial charge in [-0.2, -0.15) is 0 Å². The van der Waals surface area contributed by atoms with Gasteiger partial charge in [0.25, 0.3) is 0 Å². The lowest BCUT2D eigenvalue weighted by Gasteiger charge is -2.32. The van der Waals surface area contributed by atoms with Gasteiger partial charge in [-0.05, 0) is 36.7 Å². The van der Waals surface area contributed by atoms with E-state index < -0.39 is 0 Å². The largest absolute Gasteiger partial charge is 0.341 e. The van der Waals surface area contributed by atoms with E-state index in [4.69, 9.17) is 0 Å². The Labute approximate surface area is 134 Å². The number of anilines is 1. The Bertz CT molecular complexity index is 474. The van der Waals surface area contributed by atoms with Crippen molar-refractivity contribution in [3.05, 3.63) is 18.0 Å². The summed E-state index contributed by atoms with van der Waals surface area (Å²) in [6, 6.07) is 0. The first-order valence-corrected chi connectivity index (χ1v) is 8.57. The fraction of sp³-hybridized carbons (Fsp3) is 0.722. The van der Waals surface area contributed by atoms with E-state index in [0.29, 0.717) is 17.6 Å². The summed E-state index contributed by atoms with van der Waals surface area (Å²) in [5, 5.41) is 0. The van der Waals surface area contributed by atoms with Gasteiger partial charge in [0.05, 0.1) is 0 Å². The second kappa shape index (κ2) is 7.70. The van der Waals surface area contributed by atoms with E-state index >= 15 is 0 Å². The zero-order chi connectivity index (χ0) is 16.1. The molecule has 0 radical (unpaired) electrons. The molecule has 2 rings (SSSR count). The number of aromatic nitrogens is 2. The van der Waals surface area contributed by atoms with Crippen LogP contribution in [0.1, 0.15) is 64.9 Å². The first-order valence-electron chi connectivity index (χ1n) is 8.57. The van der Waals surface area contributed by atoms with E-state index in [9.17, 15) is 4.79 Å². The third-order valence-electron chi connectivity index (χ3n) is 4.67. The quantitative estimate of drug-likeness (QED) is 0.801. The Kier molecular flexibility index (Phi) is 5.92. The molecule has 0 aromatic carbocycles. The first kappa shape index (κ1) is 16.9. The molecule has 2 heterocycles. The van der Waals surface area contributed by atoms with Crippen LogP contribution >= 0.6 is 0 Å². The molecule has 0 unspecified atom stereocenters. The van der Waals surface area contributed by atoms with Crippen LogP contribution < -0.4 is 4.90 Å². The van der Waals surface area contributed by atoms with Crippen LogP contribution in [0, 0.1) is 11.8 Å². The Morgan fingerprint density at radius 3 is 2.27 bits per heavy atom. The van der Waals surface area contributed by atoms with Crippen LogP contribution in [0.4, 0.5) is 5.95 Å². The number of piperidine rings is 1. The standard InChI is InChI=1S/C18H29N3O/c1-13(2)16-11-19-18(20-12-16)21-9-7-15(8-10-21)5-6-17(22)14(3)4/h11-15H,5-10H2,1-4H3. The van der Waals surface area contributed by atoms with Crippen molar-refractivity contribution in [1.29, 1.82) is 0 Å². The summed E-state index contributed by atoms with van der Waals surface area (Å²) in [5.41, 5.74) is 1.19. The number of carbonyl (C=O) groups excluding carboxylic acids is 1. The molecule has 1 aromatic rings. The monoisotopic (exact) mass is 303 g/mol. The van der Waals surface area contributed by atoms with Gasteiger partial charge in [0, 0.05) is 37.8 Å². The van der Waals surface area contributed by atoms with E-state index in [0.717, 1.165) is 44.7 Å². The molecule has 4 nitrogen and oxygen atoms in total. The second-order valence-corrected chi connectivity index (χ2v) is 7.06. The van der Waals surface area contributed by atoms with Crippen molar-refractivity contribution >= 4 is 11.7 Å². The third-order valence-corrected chi connectivity index (χ3v) is 4.67. The molecule has 1 saturated heterocycles. The molecule has 1 aliphatic rings. The maximum atomic E-state index is 11.7. The Morgan fingerprint density at radius 1 is 1.18 bits per heavy atom. The van der Waals surface area contributed by atoms with Gasteiger partial charge < -0.3 is 4.90 Å². The molecule has 0 bridgehead atoms. The van der Waals surface area contributed by atoms with E-state index in [-0.39, 0.29) is 5.92 Å². The highest BCUT2D eigenvalue weighted by molar-refractivity contribution is 5.80. The third kappa shape index (κ3) is 4.52. The van der Waals surface area contributed by atoms with Crippen molar-refractivity contribution in [2.24, 2.45) is 11.8 Å². The lowest BCUT2D eigenvalue weighted by Crippen LogP contribution is -2.35. The zero-order valence-corrected chi connectivity index (χ0v) is 14.4. The molecule has 0 saturated carbocycles. The number of carbonyl (C=O) groups is 1. The number of hydrogen-bond donors (Lipinski definition) is 0. The van der Waals surface area contributed by atoms with Crippen LogP contribution in [0.5, 0.6) is 0 Å². The van der Waals surface area contributed by atoms with Crippen molar-refractivity contribution in [3.8, 4) is 0 Å². The number of rotatable bonds is 6. The van der Waals surface area contributed by atoms with Crippen LogP contribution in [0.2, 0.25) is 0 Å². The highest BCUT2D eigenvalue weighted by Gasteiger charge is 2.22. The van der Waals surface area contributed by atoms with Crippen LogP contribution in [-0.4, -0.2) is 28.8 Å². The predicted octanol–water partition coefficient (Wildman–Crippen LogP) is 3.82. The topological polar surface area (TPSA) is 46.1 Å². The zero-order valence-electron chi connectivity index (χ0n) is 14.4. The molecule has 0 atom stereocenters. The van der Waals surface area contributed by atoms with Gasteiger partial charge in [0.1, 0.15) is 5.78 Å². The van der Waals surface area contributed by atoms with E-state index in [1.165, 1.54) is 5.56 Å². The Hall–Kier alpha value is -1.45. The maximum Gasteiger partial charge on any atom is 0.225 e. The molecule has 1 fully saturated rings. The maximum absolute atomic E-state index is 11.7. The van der Waals surface area contributed by atoms with E-state index in [2.05, 4.69) is 28.7 Å². The minimum atomic E-state index is 0.174. The average Bonchev–Trinajstić information content (AvgIpc) is 2.53. The SMILES string of the molecule is CC(C)C(=O)CCC1CCN(c2ncc(C(C)C)cn2)CC1. The van der Waals surface area contributed by atoms with Crippen LogP contribution in [0.25, 0.3) is 0 Å². The summed E-state index contributed by atoms with van der Waals surface area (Å²) in [7, 11) is 0. The van der Waals surface area contributed by atoms with Crippen LogP contribution in [-0.2, 0) is 4.79 Å². The number of nitrogens with zero attached hydrogens (tertiary/aromatic N) is 3. The van der Waals surface area contributed by atoms with Crippen molar-refractivity contribution in [2.75, 3.05) is 18.0 Å². The van der Waals surface area contributed by atoms with Crippen LogP contribution in [0.15, 0.2) is 12.4 Å². The lowest BCUT2D eigenvalue weighted by atomic mass is 9.90. The van der Waals surface area contributed by atoms with Gasteiger partial charge in [0.2, 0.25) is 5.95 Å². The molecule has 0 amide bonds. The van der Waals surface area contributed by atoms with Crippen molar-refractivity contribution in [3.63, 3.8) is 0 Å². The second-order valence-electron chi connectivity index (χ2n) is 7.06. The summed E-state index contributed by atoms with van der Waals surface area (Å²) in [6.45, 7) is 10.3. The van der Waals surface area contributed by atoms with Gasteiger partial charge in [-0.3, -0.25) is 4.79 Å². The minimum Gasteiger partial charge on any atom is -0.341 e. The highest BCUT2D eigenvalue weighted by Crippen LogP contribution is 2.25. The Morgan fingerprint density at radius 2 is 1.77 bits per heavy atom. The molecule has 0 aliphatic carbocycles. The molecule has 1 aliphatic heterocycles. The fourth-order valence-electron chi connectivity index (χ4n) is 2.85. The Balaban J connectivity index is 1.80. The normalized spacial score (nSPS) is 16.5. The van der Waals surface area contributed by atoms with Crippen molar-refractivity contribution in [2.45, 2.75) is 59.3 Å². The summed E-state index contributed by atoms with van der Waals surface area (Å²) in [5.74, 6) is 2.57. The number of hydrogen-bond acceptors (Lipinski definition) is 4. The van der Waals surface area contributed by atoms with Crippen molar-refractivity contribution in [1.82, 2.24) is 9.97 Å². The summed E-state index contributed by atoms with van der Waals surface area (Å²) in [6.07, 6.45) is 7.95. The number of Topliss-reactive ketones (excluding diaryl/α,β-unsaturated/α-hetero) is 1. The molecular weight excluding hydrogens is 274 g/mol. The molecule has 1 aromatic heterocycles. The fourth-order valence-corrected chi connectivity index (χ4v) is 2.85. The smallest absolute Gasteiger partial charge is 0.225 e. The minimum absolute atomic E-state index is 0.174. The average molecular weight is 303 g/mol. The molecule has 4 heteroatoms. The van der Waals surface area contributed by atoms with Gasteiger partial charge >= 0.3 is 0 Å². The van der Waals surface area contributed by atoms with Crippen molar-refractivity contribution < 1.29 is 4.79 Å². The molecule has 0 N–H and O–H groups in total. The predicted molar refractivity (Wildman–Crippen MR) is 90.1 cm³/mol.